The molecule has 5 nitrogen and oxygen atoms in total. The third-order valence-electron chi connectivity index (χ3n) is 4.65. The lowest BCUT2D eigenvalue weighted by Gasteiger charge is -2.26. The van der Waals surface area contributed by atoms with Crippen LogP contribution in [-0.2, 0) is 4.79 Å². The zero-order valence-corrected chi connectivity index (χ0v) is 14.9. The summed E-state index contributed by atoms with van der Waals surface area (Å²) in [4.78, 5) is 22.7. The molecule has 0 bridgehead atoms. The van der Waals surface area contributed by atoms with Crippen molar-refractivity contribution in [3.63, 3.8) is 0 Å². The maximum Gasteiger partial charge on any atom is 0.241 e. The fourth-order valence-electron chi connectivity index (χ4n) is 3.25. The summed E-state index contributed by atoms with van der Waals surface area (Å²) in [5, 5.41) is 4.66. The van der Waals surface area contributed by atoms with E-state index in [4.69, 9.17) is 11.6 Å². The van der Waals surface area contributed by atoms with Crippen LogP contribution in [0.3, 0.4) is 0 Å². The Hall–Kier alpha value is -1.88. The van der Waals surface area contributed by atoms with Gasteiger partial charge in [-0.3, -0.25) is 4.79 Å². The predicted molar refractivity (Wildman–Crippen MR) is 97.2 cm³/mol. The molecule has 24 heavy (non-hydrogen) atoms. The minimum Gasteiger partial charge on any atom is -0.360 e. The summed E-state index contributed by atoms with van der Waals surface area (Å²) in [7, 11) is 0. The van der Waals surface area contributed by atoms with Crippen LogP contribution in [0.15, 0.2) is 24.5 Å². The maximum atomic E-state index is 12.3. The topological polar surface area (TPSA) is 58.1 Å². The third kappa shape index (κ3) is 3.61. The quantitative estimate of drug-likeness (QED) is 0.922. The molecule has 1 aromatic carbocycles. The van der Waals surface area contributed by atoms with E-state index < -0.39 is 0 Å². The Labute approximate surface area is 147 Å². The predicted octanol–water partition coefficient (Wildman–Crippen LogP) is 3.59. The summed E-state index contributed by atoms with van der Waals surface area (Å²) in [5.74, 6) is 2.45. The highest BCUT2D eigenvalue weighted by atomic mass is 35.5. The van der Waals surface area contributed by atoms with Crippen LogP contribution in [-0.4, -0.2) is 40.4 Å². The van der Waals surface area contributed by atoms with Gasteiger partial charge in [-0.15, -0.1) is 0 Å². The second kappa shape index (κ2) is 7.34. The van der Waals surface area contributed by atoms with Crippen molar-refractivity contribution in [2.24, 2.45) is 11.8 Å². The highest BCUT2D eigenvalue weighted by Crippen LogP contribution is 2.44. The van der Waals surface area contributed by atoms with Crippen molar-refractivity contribution >= 4 is 34.2 Å². The SMILES string of the molecule is CC.O=C(CNc1ncnc2cc(Cl)ccc12)N1CCC2CC2C1. The van der Waals surface area contributed by atoms with Crippen molar-refractivity contribution in [2.45, 2.75) is 26.7 Å². The molecule has 2 aliphatic rings. The highest BCUT2D eigenvalue weighted by molar-refractivity contribution is 6.31. The molecule has 1 amide bonds. The van der Waals surface area contributed by atoms with Gasteiger partial charge in [0.2, 0.25) is 5.91 Å². The number of likely N-dealkylation sites (tertiary alicyclic amines) is 1. The third-order valence-corrected chi connectivity index (χ3v) is 4.89. The van der Waals surface area contributed by atoms with Gasteiger partial charge in [-0.1, -0.05) is 25.4 Å². The van der Waals surface area contributed by atoms with E-state index in [1.165, 1.54) is 12.7 Å². The Morgan fingerprint density at radius 3 is 2.96 bits per heavy atom. The Bertz CT molecular complexity index is 736. The van der Waals surface area contributed by atoms with Crippen molar-refractivity contribution in [3.05, 3.63) is 29.5 Å². The number of carbonyl (C=O) groups is 1. The lowest BCUT2D eigenvalue weighted by Crippen LogP contribution is -2.40. The van der Waals surface area contributed by atoms with Crippen molar-refractivity contribution in [1.82, 2.24) is 14.9 Å². The zero-order chi connectivity index (χ0) is 17.1. The molecule has 2 aromatic rings. The van der Waals surface area contributed by atoms with E-state index in [-0.39, 0.29) is 12.5 Å². The van der Waals surface area contributed by atoms with E-state index in [9.17, 15) is 4.79 Å². The van der Waals surface area contributed by atoms with Crippen molar-refractivity contribution in [2.75, 3.05) is 25.0 Å². The Morgan fingerprint density at radius 2 is 2.17 bits per heavy atom. The second-order valence-corrected chi connectivity index (χ2v) is 6.56. The fourth-order valence-corrected chi connectivity index (χ4v) is 3.42. The number of rotatable bonds is 3. The van der Waals surface area contributed by atoms with Gasteiger partial charge in [0.15, 0.2) is 0 Å². The van der Waals surface area contributed by atoms with Crippen LogP contribution in [0.25, 0.3) is 10.9 Å². The van der Waals surface area contributed by atoms with Crippen LogP contribution in [0.4, 0.5) is 5.82 Å². The monoisotopic (exact) mass is 346 g/mol. The normalized spacial score (nSPS) is 21.5. The number of hydrogen-bond donors (Lipinski definition) is 1. The number of benzene rings is 1. The van der Waals surface area contributed by atoms with Crippen LogP contribution in [0.1, 0.15) is 26.7 Å². The average molecular weight is 347 g/mol. The van der Waals surface area contributed by atoms with Gasteiger partial charge in [0, 0.05) is 23.5 Å². The number of halogens is 1. The van der Waals surface area contributed by atoms with Crippen molar-refractivity contribution < 1.29 is 4.79 Å². The number of carbonyl (C=O) groups excluding carboxylic acids is 1. The average Bonchev–Trinajstić information content (AvgIpc) is 3.39. The number of aromatic nitrogens is 2. The molecule has 4 rings (SSSR count). The molecule has 1 aromatic heterocycles. The minimum atomic E-state index is 0.145. The van der Waals surface area contributed by atoms with E-state index in [1.54, 1.807) is 12.1 Å². The van der Waals surface area contributed by atoms with Crippen LogP contribution in [0, 0.1) is 11.8 Å². The van der Waals surface area contributed by atoms with Crippen LogP contribution in [0.2, 0.25) is 5.02 Å². The first-order valence-corrected chi connectivity index (χ1v) is 9.00. The standard InChI is InChI=1S/C16H17ClN4O.C2H6/c17-12-1-2-13-14(6-12)19-9-20-16(13)18-7-15(22)21-4-3-10-5-11(10)8-21;1-2/h1-2,6,9-11H,3-5,7-8H2,(H,18,19,20);1-2H3. The molecule has 128 valence electrons. The molecule has 1 aliphatic heterocycles. The number of hydrogen-bond acceptors (Lipinski definition) is 4. The molecule has 2 fully saturated rings. The summed E-state index contributed by atoms with van der Waals surface area (Å²) in [6.07, 6.45) is 3.95. The maximum absolute atomic E-state index is 12.3. The van der Waals surface area contributed by atoms with Crippen LogP contribution in [0.5, 0.6) is 0 Å². The van der Waals surface area contributed by atoms with E-state index in [0.29, 0.717) is 10.8 Å². The number of nitrogens with one attached hydrogen (secondary N) is 1. The summed E-state index contributed by atoms with van der Waals surface area (Å²) < 4.78 is 0. The van der Waals surface area contributed by atoms with Crippen molar-refractivity contribution in [3.8, 4) is 0 Å². The van der Waals surface area contributed by atoms with Gasteiger partial charge in [0.05, 0.1) is 12.1 Å². The molecule has 2 unspecified atom stereocenters. The lowest BCUT2D eigenvalue weighted by molar-refractivity contribution is -0.130. The molecule has 1 N–H and O–H groups in total. The Kier molecular flexibility index (Phi) is 5.19. The molecule has 2 heterocycles. The number of amides is 1. The number of nitrogens with zero attached hydrogens (tertiary/aromatic N) is 3. The molecular formula is C18H23ClN4O. The molecule has 0 radical (unpaired) electrons. The van der Waals surface area contributed by atoms with Gasteiger partial charge in [-0.05, 0) is 42.9 Å². The molecule has 6 heteroatoms. The number of anilines is 1. The molecule has 2 atom stereocenters. The Morgan fingerprint density at radius 1 is 1.33 bits per heavy atom. The summed E-state index contributed by atoms with van der Waals surface area (Å²) in [6.45, 7) is 6.08. The van der Waals surface area contributed by atoms with E-state index in [1.807, 2.05) is 24.8 Å². The van der Waals surface area contributed by atoms with Gasteiger partial charge in [0.1, 0.15) is 12.1 Å². The van der Waals surface area contributed by atoms with E-state index >= 15 is 0 Å². The summed E-state index contributed by atoms with van der Waals surface area (Å²) >= 11 is 5.98. The smallest absolute Gasteiger partial charge is 0.241 e. The Balaban J connectivity index is 0.000000815. The van der Waals surface area contributed by atoms with Crippen molar-refractivity contribution in [1.29, 1.82) is 0 Å². The second-order valence-electron chi connectivity index (χ2n) is 6.12. The summed E-state index contributed by atoms with van der Waals surface area (Å²) in [5.41, 5.74) is 0.774. The zero-order valence-electron chi connectivity index (χ0n) is 14.1. The molecule has 1 saturated heterocycles. The number of piperidine rings is 1. The fraction of sp³-hybridized carbons (Fsp3) is 0.500. The highest BCUT2D eigenvalue weighted by Gasteiger charge is 2.42. The minimum absolute atomic E-state index is 0.145. The van der Waals surface area contributed by atoms with Gasteiger partial charge in [-0.2, -0.15) is 0 Å². The van der Waals surface area contributed by atoms with E-state index in [0.717, 1.165) is 42.2 Å². The molecule has 1 aliphatic carbocycles. The largest absolute Gasteiger partial charge is 0.360 e. The van der Waals surface area contributed by atoms with E-state index in [2.05, 4.69) is 15.3 Å². The first-order chi connectivity index (χ1) is 11.7. The van der Waals surface area contributed by atoms with Gasteiger partial charge < -0.3 is 10.2 Å². The van der Waals surface area contributed by atoms with Gasteiger partial charge >= 0.3 is 0 Å². The van der Waals surface area contributed by atoms with Gasteiger partial charge in [-0.25, -0.2) is 9.97 Å². The molecule has 1 saturated carbocycles. The first kappa shape index (κ1) is 17.0. The number of fused-ring (bicyclic) bond motifs is 2. The summed E-state index contributed by atoms with van der Waals surface area (Å²) in [6, 6.07) is 5.47. The van der Waals surface area contributed by atoms with Gasteiger partial charge in [0.25, 0.3) is 0 Å². The molecule has 0 spiro atoms. The lowest BCUT2D eigenvalue weighted by atomic mass is 10.1. The first-order valence-electron chi connectivity index (χ1n) is 8.62. The molecular weight excluding hydrogens is 324 g/mol. The van der Waals surface area contributed by atoms with Crippen LogP contribution >= 0.6 is 11.6 Å². The van der Waals surface area contributed by atoms with Crippen LogP contribution < -0.4 is 5.32 Å².